The summed E-state index contributed by atoms with van der Waals surface area (Å²) in [6.07, 6.45) is 4.46. The molecule has 94 valence electrons. The topological polar surface area (TPSA) is 105 Å². The number of nitrogens with zero attached hydrogens (tertiary/aromatic N) is 4. The van der Waals surface area contributed by atoms with E-state index in [9.17, 15) is 10.1 Å². The van der Waals surface area contributed by atoms with Gasteiger partial charge in [-0.3, -0.25) is 15.1 Å². The van der Waals surface area contributed by atoms with Crippen molar-refractivity contribution in [3.8, 4) is 6.07 Å². The summed E-state index contributed by atoms with van der Waals surface area (Å²) in [5.74, 6) is 0.317. The largest absolute Gasteiger partial charge is 0.365 e. The van der Waals surface area contributed by atoms with Crippen LogP contribution in [0, 0.1) is 21.4 Å². The maximum atomic E-state index is 10.6. The second kappa shape index (κ2) is 5.55. The van der Waals surface area contributed by atoms with Gasteiger partial charge in [0.1, 0.15) is 23.6 Å². The van der Waals surface area contributed by atoms with E-state index < -0.39 is 4.92 Å². The molecule has 0 radical (unpaired) electrons. The maximum absolute atomic E-state index is 10.6. The minimum Gasteiger partial charge on any atom is -0.365 e. The Morgan fingerprint density at radius 2 is 2.32 bits per heavy atom. The molecule has 2 rings (SSSR count). The Morgan fingerprint density at radius 3 is 2.95 bits per heavy atom. The molecule has 0 saturated carbocycles. The lowest BCUT2D eigenvalue weighted by Gasteiger charge is -2.06. The number of aromatic nitrogens is 2. The Hall–Kier alpha value is -3.01. The first-order chi connectivity index (χ1) is 9.20. The zero-order chi connectivity index (χ0) is 13.7. The average molecular weight is 255 g/mol. The summed E-state index contributed by atoms with van der Waals surface area (Å²) in [7, 11) is 0. The van der Waals surface area contributed by atoms with Crippen LogP contribution in [0.15, 0.2) is 36.8 Å². The third-order valence-electron chi connectivity index (χ3n) is 2.39. The van der Waals surface area contributed by atoms with E-state index in [1.165, 1.54) is 6.07 Å². The molecular weight excluding hydrogens is 246 g/mol. The van der Waals surface area contributed by atoms with Crippen molar-refractivity contribution in [3.05, 3.63) is 58.0 Å². The highest BCUT2D eigenvalue weighted by molar-refractivity contribution is 5.55. The normalized spacial score (nSPS) is 9.63. The van der Waals surface area contributed by atoms with E-state index in [1.54, 1.807) is 18.5 Å². The molecule has 0 amide bonds. The van der Waals surface area contributed by atoms with Crippen LogP contribution in [-0.4, -0.2) is 14.9 Å². The first-order valence-corrected chi connectivity index (χ1v) is 5.38. The monoisotopic (exact) mass is 255 g/mol. The Labute approximate surface area is 108 Å². The van der Waals surface area contributed by atoms with Gasteiger partial charge in [0, 0.05) is 25.0 Å². The third-order valence-corrected chi connectivity index (χ3v) is 2.39. The summed E-state index contributed by atoms with van der Waals surface area (Å²) >= 11 is 0. The molecule has 7 nitrogen and oxygen atoms in total. The number of pyridine rings is 2. The molecule has 0 fully saturated rings. The van der Waals surface area contributed by atoms with Crippen LogP contribution in [0.5, 0.6) is 0 Å². The van der Waals surface area contributed by atoms with Crippen LogP contribution >= 0.6 is 0 Å². The molecule has 1 N–H and O–H groups in total. The molecule has 2 aromatic rings. The molecule has 0 unspecified atom stereocenters. The summed E-state index contributed by atoms with van der Waals surface area (Å²) in [5.41, 5.74) is 0.855. The van der Waals surface area contributed by atoms with E-state index in [-0.39, 0.29) is 11.3 Å². The fourth-order valence-electron chi connectivity index (χ4n) is 1.47. The van der Waals surface area contributed by atoms with E-state index >= 15 is 0 Å². The highest BCUT2D eigenvalue weighted by Crippen LogP contribution is 2.18. The second-order valence-corrected chi connectivity index (χ2v) is 3.67. The molecule has 0 atom stereocenters. The van der Waals surface area contributed by atoms with Gasteiger partial charge in [0.05, 0.1) is 4.92 Å². The van der Waals surface area contributed by atoms with Crippen molar-refractivity contribution >= 4 is 11.5 Å². The van der Waals surface area contributed by atoms with Crippen LogP contribution in [0.3, 0.4) is 0 Å². The Balaban J connectivity index is 2.17. The fraction of sp³-hybridized carbons (Fsp3) is 0.0833. The summed E-state index contributed by atoms with van der Waals surface area (Å²) < 4.78 is 0. The fourth-order valence-corrected chi connectivity index (χ4v) is 1.47. The van der Waals surface area contributed by atoms with Crippen molar-refractivity contribution in [1.82, 2.24) is 9.97 Å². The molecule has 0 aliphatic carbocycles. The van der Waals surface area contributed by atoms with Crippen LogP contribution in [0.25, 0.3) is 0 Å². The molecule has 0 bridgehead atoms. The molecular formula is C12H9N5O2. The predicted octanol–water partition coefficient (Wildman–Crippen LogP) is 1.87. The predicted molar refractivity (Wildman–Crippen MR) is 67.2 cm³/mol. The van der Waals surface area contributed by atoms with Crippen LogP contribution in [-0.2, 0) is 6.54 Å². The molecule has 0 saturated heterocycles. The molecule has 0 aromatic carbocycles. The minimum absolute atomic E-state index is 0.137. The lowest BCUT2D eigenvalue weighted by molar-refractivity contribution is -0.385. The number of nitro groups is 1. The molecule has 0 spiro atoms. The number of hydrogen-bond acceptors (Lipinski definition) is 6. The van der Waals surface area contributed by atoms with Gasteiger partial charge in [0.25, 0.3) is 5.69 Å². The average Bonchev–Trinajstić information content (AvgIpc) is 2.45. The third kappa shape index (κ3) is 3.01. The van der Waals surface area contributed by atoms with E-state index in [4.69, 9.17) is 5.26 Å². The number of nitriles is 1. The van der Waals surface area contributed by atoms with E-state index in [2.05, 4.69) is 15.3 Å². The molecule has 7 heteroatoms. The second-order valence-electron chi connectivity index (χ2n) is 3.67. The van der Waals surface area contributed by atoms with Crippen molar-refractivity contribution in [2.75, 3.05) is 5.32 Å². The van der Waals surface area contributed by atoms with Crippen LogP contribution < -0.4 is 5.32 Å². The van der Waals surface area contributed by atoms with Gasteiger partial charge in [-0.05, 0) is 11.6 Å². The van der Waals surface area contributed by atoms with Gasteiger partial charge in [0.15, 0.2) is 0 Å². The Morgan fingerprint density at radius 1 is 1.47 bits per heavy atom. The van der Waals surface area contributed by atoms with Crippen molar-refractivity contribution in [2.24, 2.45) is 0 Å². The number of anilines is 1. The summed E-state index contributed by atoms with van der Waals surface area (Å²) in [4.78, 5) is 17.9. The summed E-state index contributed by atoms with van der Waals surface area (Å²) in [6.45, 7) is 0.438. The molecule has 19 heavy (non-hydrogen) atoms. The van der Waals surface area contributed by atoms with Crippen molar-refractivity contribution in [2.45, 2.75) is 6.54 Å². The summed E-state index contributed by atoms with van der Waals surface area (Å²) in [5, 5.41) is 22.5. The van der Waals surface area contributed by atoms with E-state index in [1.807, 2.05) is 12.1 Å². The quantitative estimate of drug-likeness (QED) is 0.660. The maximum Gasteiger partial charge on any atom is 0.289 e. The standard InChI is InChI=1S/C12H9N5O2/c13-5-10-4-11(17(18)19)8-16-12(10)15-7-9-2-1-3-14-6-9/h1-4,6,8H,7H2,(H,15,16). The zero-order valence-corrected chi connectivity index (χ0v) is 9.78. The number of nitrogens with one attached hydrogen (secondary N) is 1. The van der Waals surface area contributed by atoms with Crippen LogP contribution in [0.1, 0.15) is 11.1 Å². The Kier molecular flexibility index (Phi) is 3.64. The van der Waals surface area contributed by atoms with Gasteiger partial charge in [0.2, 0.25) is 0 Å². The van der Waals surface area contributed by atoms with Gasteiger partial charge in [-0.15, -0.1) is 0 Å². The van der Waals surface area contributed by atoms with E-state index in [0.717, 1.165) is 11.8 Å². The van der Waals surface area contributed by atoms with Gasteiger partial charge >= 0.3 is 0 Å². The number of rotatable bonds is 4. The lowest BCUT2D eigenvalue weighted by Crippen LogP contribution is -2.04. The molecule has 2 heterocycles. The Bertz CT molecular complexity index is 636. The lowest BCUT2D eigenvalue weighted by atomic mass is 10.2. The highest BCUT2D eigenvalue weighted by atomic mass is 16.6. The molecule has 0 aliphatic rings. The minimum atomic E-state index is -0.585. The zero-order valence-electron chi connectivity index (χ0n) is 9.78. The van der Waals surface area contributed by atoms with Gasteiger partial charge in [-0.2, -0.15) is 5.26 Å². The summed E-state index contributed by atoms with van der Waals surface area (Å²) in [6, 6.07) is 6.74. The van der Waals surface area contributed by atoms with Crippen LogP contribution in [0.2, 0.25) is 0 Å². The SMILES string of the molecule is N#Cc1cc([N+](=O)[O-])cnc1NCc1cccnc1. The van der Waals surface area contributed by atoms with Crippen molar-refractivity contribution in [1.29, 1.82) is 5.26 Å². The van der Waals surface area contributed by atoms with Crippen LogP contribution in [0.4, 0.5) is 11.5 Å². The van der Waals surface area contributed by atoms with Crippen molar-refractivity contribution < 1.29 is 4.92 Å². The van der Waals surface area contributed by atoms with Gasteiger partial charge in [-0.1, -0.05) is 6.07 Å². The smallest absolute Gasteiger partial charge is 0.289 e. The highest BCUT2D eigenvalue weighted by Gasteiger charge is 2.11. The molecule has 0 aliphatic heterocycles. The first kappa shape index (κ1) is 12.4. The van der Waals surface area contributed by atoms with Gasteiger partial charge < -0.3 is 5.32 Å². The number of hydrogen-bond donors (Lipinski definition) is 1. The molecule has 2 aromatic heterocycles. The first-order valence-electron chi connectivity index (χ1n) is 5.38. The van der Waals surface area contributed by atoms with E-state index in [0.29, 0.717) is 12.4 Å². The van der Waals surface area contributed by atoms with Crippen molar-refractivity contribution in [3.63, 3.8) is 0 Å². The van der Waals surface area contributed by atoms with Gasteiger partial charge in [-0.25, -0.2) is 4.98 Å².